The molecule has 0 saturated carbocycles. The van der Waals surface area contributed by atoms with Crippen LogP contribution in [0.1, 0.15) is 13.8 Å². The van der Waals surface area contributed by atoms with Crippen molar-refractivity contribution >= 4 is 11.8 Å². The highest BCUT2D eigenvalue weighted by Gasteiger charge is 2.12. The van der Waals surface area contributed by atoms with Gasteiger partial charge in [0.1, 0.15) is 6.04 Å². The molecule has 5 heteroatoms. The Labute approximate surface area is 78.3 Å². The molecule has 0 aromatic heterocycles. The minimum absolute atomic E-state index is 0.169. The molecular weight excluding hydrogens is 170 g/mol. The summed E-state index contributed by atoms with van der Waals surface area (Å²) in [7, 11) is 1.54. The molecular formula is C8H17N3O2. The first-order valence-electron chi connectivity index (χ1n) is 4.33. The van der Waals surface area contributed by atoms with E-state index in [1.807, 2.05) is 6.92 Å². The van der Waals surface area contributed by atoms with E-state index in [9.17, 15) is 9.59 Å². The number of likely N-dealkylation sites (N-methyl/N-ethyl adjacent to an activating group) is 2. The predicted octanol–water partition coefficient (Wildman–Crippen LogP) is -1.15. The van der Waals surface area contributed by atoms with E-state index in [2.05, 4.69) is 16.0 Å². The van der Waals surface area contributed by atoms with Gasteiger partial charge in [0.05, 0.1) is 6.54 Å². The Hall–Kier alpha value is -1.10. The molecule has 0 aliphatic carbocycles. The highest BCUT2D eigenvalue weighted by molar-refractivity contribution is 5.87. The van der Waals surface area contributed by atoms with Gasteiger partial charge in [-0.15, -0.1) is 0 Å². The second-order valence-electron chi connectivity index (χ2n) is 2.68. The van der Waals surface area contributed by atoms with Crippen LogP contribution < -0.4 is 16.0 Å². The van der Waals surface area contributed by atoms with E-state index in [1.165, 1.54) is 7.05 Å². The van der Waals surface area contributed by atoms with E-state index in [-0.39, 0.29) is 18.4 Å². The van der Waals surface area contributed by atoms with E-state index in [0.717, 1.165) is 6.54 Å². The van der Waals surface area contributed by atoms with Crippen LogP contribution in [0.4, 0.5) is 0 Å². The van der Waals surface area contributed by atoms with Crippen molar-refractivity contribution in [3.8, 4) is 0 Å². The maximum Gasteiger partial charge on any atom is 0.242 e. The summed E-state index contributed by atoms with van der Waals surface area (Å²) < 4.78 is 0. The summed E-state index contributed by atoms with van der Waals surface area (Å²) in [6.45, 7) is 4.54. The zero-order valence-electron chi connectivity index (χ0n) is 8.31. The maximum atomic E-state index is 11.1. The van der Waals surface area contributed by atoms with Crippen molar-refractivity contribution in [1.82, 2.24) is 16.0 Å². The second kappa shape index (κ2) is 6.42. The summed E-state index contributed by atoms with van der Waals surface area (Å²) in [5.41, 5.74) is 0. The molecule has 0 unspecified atom stereocenters. The lowest BCUT2D eigenvalue weighted by atomic mass is 10.3. The van der Waals surface area contributed by atoms with Crippen molar-refractivity contribution in [2.75, 3.05) is 20.1 Å². The zero-order chi connectivity index (χ0) is 10.3. The first-order chi connectivity index (χ1) is 6.11. The molecule has 13 heavy (non-hydrogen) atoms. The van der Waals surface area contributed by atoms with Crippen LogP contribution in [0.15, 0.2) is 0 Å². The topological polar surface area (TPSA) is 70.2 Å². The molecule has 0 heterocycles. The van der Waals surface area contributed by atoms with Gasteiger partial charge in [-0.25, -0.2) is 0 Å². The zero-order valence-corrected chi connectivity index (χ0v) is 8.31. The van der Waals surface area contributed by atoms with Crippen LogP contribution in [-0.2, 0) is 9.59 Å². The number of rotatable bonds is 5. The smallest absolute Gasteiger partial charge is 0.242 e. The highest BCUT2D eigenvalue weighted by atomic mass is 16.2. The highest BCUT2D eigenvalue weighted by Crippen LogP contribution is 1.80. The Bertz CT molecular complexity index is 182. The van der Waals surface area contributed by atoms with Gasteiger partial charge in [0.25, 0.3) is 0 Å². The van der Waals surface area contributed by atoms with Crippen molar-refractivity contribution in [2.24, 2.45) is 0 Å². The van der Waals surface area contributed by atoms with Gasteiger partial charge in [-0.2, -0.15) is 0 Å². The lowest BCUT2D eigenvalue weighted by Gasteiger charge is -2.11. The maximum absolute atomic E-state index is 11.1. The summed E-state index contributed by atoms with van der Waals surface area (Å²) in [5.74, 6) is -0.359. The summed E-state index contributed by atoms with van der Waals surface area (Å²) in [6, 6.07) is -0.476. The van der Waals surface area contributed by atoms with E-state index in [4.69, 9.17) is 0 Å². The van der Waals surface area contributed by atoms with Gasteiger partial charge in [0.2, 0.25) is 11.8 Å². The standard InChI is InChI=1S/C8H17N3O2/c1-4-10-5-7(12)11-6(2)8(13)9-3/h6,10H,4-5H2,1-3H3,(H,9,13)(H,11,12)/t6-/m0/s1. The quantitative estimate of drug-likeness (QED) is 0.509. The van der Waals surface area contributed by atoms with E-state index < -0.39 is 6.04 Å². The molecule has 5 nitrogen and oxygen atoms in total. The average Bonchev–Trinajstić information content (AvgIpc) is 2.13. The van der Waals surface area contributed by atoms with Crippen LogP contribution in [0.25, 0.3) is 0 Å². The Kier molecular flexibility index (Phi) is 5.88. The van der Waals surface area contributed by atoms with Crippen molar-refractivity contribution in [1.29, 1.82) is 0 Å². The molecule has 3 N–H and O–H groups in total. The average molecular weight is 187 g/mol. The lowest BCUT2D eigenvalue weighted by molar-refractivity contribution is -0.127. The molecule has 1 atom stereocenters. The van der Waals surface area contributed by atoms with Crippen LogP contribution in [0.3, 0.4) is 0 Å². The van der Waals surface area contributed by atoms with Gasteiger partial charge in [-0.3, -0.25) is 9.59 Å². The van der Waals surface area contributed by atoms with Crippen molar-refractivity contribution in [2.45, 2.75) is 19.9 Å². The van der Waals surface area contributed by atoms with E-state index >= 15 is 0 Å². The van der Waals surface area contributed by atoms with Crippen molar-refractivity contribution in [3.63, 3.8) is 0 Å². The van der Waals surface area contributed by atoms with Crippen LogP contribution in [-0.4, -0.2) is 38.0 Å². The number of hydrogen-bond acceptors (Lipinski definition) is 3. The molecule has 2 amide bonds. The Morgan fingerprint density at radius 1 is 1.38 bits per heavy atom. The van der Waals surface area contributed by atoms with Gasteiger partial charge >= 0.3 is 0 Å². The molecule has 0 aliphatic heterocycles. The summed E-state index contributed by atoms with van der Waals surface area (Å²) >= 11 is 0. The molecule has 0 saturated heterocycles. The minimum Gasteiger partial charge on any atom is -0.357 e. The fraction of sp³-hybridized carbons (Fsp3) is 0.750. The van der Waals surface area contributed by atoms with Crippen LogP contribution >= 0.6 is 0 Å². The molecule has 0 aliphatic rings. The number of amides is 2. The third-order valence-corrected chi connectivity index (χ3v) is 1.55. The van der Waals surface area contributed by atoms with Crippen molar-refractivity contribution in [3.05, 3.63) is 0 Å². The molecule has 0 aromatic carbocycles. The SMILES string of the molecule is CCNCC(=O)N[C@@H](C)C(=O)NC. The molecule has 0 rings (SSSR count). The summed E-state index contributed by atoms with van der Waals surface area (Å²) in [4.78, 5) is 22.1. The second-order valence-corrected chi connectivity index (χ2v) is 2.68. The number of carbonyl (C=O) groups is 2. The Balaban J connectivity index is 3.71. The monoisotopic (exact) mass is 187 g/mol. The molecule has 0 spiro atoms. The van der Waals surface area contributed by atoms with Gasteiger partial charge in [0.15, 0.2) is 0 Å². The van der Waals surface area contributed by atoms with Crippen LogP contribution in [0, 0.1) is 0 Å². The first kappa shape index (κ1) is 11.9. The summed E-state index contributed by atoms with van der Waals surface area (Å²) in [6.07, 6.45) is 0. The molecule has 0 aromatic rings. The first-order valence-corrected chi connectivity index (χ1v) is 4.33. The predicted molar refractivity (Wildman–Crippen MR) is 50.2 cm³/mol. The third-order valence-electron chi connectivity index (χ3n) is 1.55. The van der Waals surface area contributed by atoms with Gasteiger partial charge < -0.3 is 16.0 Å². The Morgan fingerprint density at radius 2 is 2.00 bits per heavy atom. The van der Waals surface area contributed by atoms with E-state index in [0.29, 0.717) is 0 Å². The molecule has 0 fully saturated rings. The van der Waals surface area contributed by atoms with Crippen LogP contribution in [0.5, 0.6) is 0 Å². The van der Waals surface area contributed by atoms with Gasteiger partial charge in [0, 0.05) is 7.05 Å². The third kappa shape index (κ3) is 5.19. The minimum atomic E-state index is -0.476. The molecule has 0 bridgehead atoms. The Morgan fingerprint density at radius 3 is 2.46 bits per heavy atom. The normalized spacial score (nSPS) is 11.9. The van der Waals surface area contributed by atoms with Crippen LogP contribution in [0.2, 0.25) is 0 Å². The van der Waals surface area contributed by atoms with Gasteiger partial charge in [-0.1, -0.05) is 6.92 Å². The molecule has 76 valence electrons. The fourth-order valence-electron chi connectivity index (χ4n) is 0.813. The largest absolute Gasteiger partial charge is 0.357 e. The summed E-state index contributed by atoms with van der Waals surface area (Å²) in [5, 5.41) is 7.87. The van der Waals surface area contributed by atoms with Gasteiger partial charge in [-0.05, 0) is 13.5 Å². The number of hydrogen-bond donors (Lipinski definition) is 3. The molecule has 0 radical (unpaired) electrons. The lowest BCUT2D eigenvalue weighted by Crippen LogP contribution is -2.46. The number of nitrogens with one attached hydrogen (secondary N) is 3. The van der Waals surface area contributed by atoms with Crippen molar-refractivity contribution < 1.29 is 9.59 Å². The number of carbonyl (C=O) groups excluding carboxylic acids is 2. The van der Waals surface area contributed by atoms with E-state index in [1.54, 1.807) is 6.92 Å². The fourth-order valence-corrected chi connectivity index (χ4v) is 0.813.